The van der Waals surface area contributed by atoms with E-state index in [0.29, 0.717) is 16.0 Å². The molecule has 0 aliphatic heterocycles. The molecule has 0 unspecified atom stereocenters. The number of ether oxygens (including phenoxy) is 1. The first-order valence-electron chi connectivity index (χ1n) is 10.2. The maximum atomic E-state index is 12.7. The van der Waals surface area contributed by atoms with Gasteiger partial charge in [0.15, 0.2) is 6.61 Å². The van der Waals surface area contributed by atoms with Crippen LogP contribution in [0.4, 0.5) is 0 Å². The number of amides is 1. The third-order valence-electron chi connectivity index (χ3n) is 4.73. The fourth-order valence-corrected chi connectivity index (χ4v) is 4.15. The predicted molar refractivity (Wildman–Crippen MR) is 123 cm³/mol. The zero-order valence-corrected chi connectivity index (χ0v) is 18.7. The summed E-state index contributed by atoms with van der Waals surface area (Å²) >= 11 is 1.26. The molecule has 0 saturated heterocycles. The molecule has 0 aliphatic carbocycles. The Hall–Kier alpha value is -3.06. The normalized spacial score (nSPS) is 11.0. The van der Waals surface area contributed by atoms with Gasteiger partial charge in [-0.1, -0.05) is 37.3 Å². The van der Waals surface area contributed by atoms with Crippen molar-refractivity contribution in [1.82, 2.24) is 10.3 Å². The van der Waals surface area contributed by atoms with Gasteiger partial charge in [-0.05, 0) is 38.0 Å². The van der Waals surface area contributed by atoms with E-state index in [0.717, 1.165) is 22.9 Å². The molecular formula is C24H26N2O4S. The van der Waals surface area contributed by atoms with E-state index in [2.05, 4.69) is 17.2 Å². The maximum Gasteiger partial charge on any atom is 0.339 e. The monoisotopic (exact) mass is 438 g/mol. The second-order valence-electron chi connectivity index (χ2n) is 7.40. The fraction of sp³-hybridized carbons (Fsp3) is 0.292. The lowest BCUT2D eigenvalue weighted by molar-refractivity contribution is -0.119. The summed E-state index contributed by atoms with van der Waals surface area (Å²) in [5.41, 5.74) is 2.90. The zero-order chi connectivity index (χ0) is 22.4. The van der Waals surface area contributed by atoms with Crippen LogP contribution in [-0.4, -0.2) is 41.0 Å². The van der Waals surface area contributed by atoms with Crippen molar-refractivity contribution in [2.45, 2.75) is 38.1 Å². The molecule has 0 saturated carbocycles. The largest absolute Gasteiger partial charge is 0.454 e. The number of Topliss-reactive ketones (excluding diaryl/α,β-unsaturated/α-hetero) is 1. The molecule has 2 aromatic carbocycles. The smallest absolute Gasteiger partial charge is 0.339 e. The lowest BCUT2D eigenvalue weighted by Crippen LogP contribution is -2.31. The van der Waals surface area contributed by atoms with Crippen molar-refractivity contribution in [3.63, 3.8) is 0 Å². The van der Waals surface area contributed by atoms with Crippen LogP contribution >= 0.6 is 11.8 Å². The summed E-state index contributed by atoms with van der Waals surface area (Å²) in [4.78, 5) is 41.0. The number of H-pyrrole nitrogens is 1. The molecular weight excluding hydrogens is 412 g/mol. The molecule has 0 radical (unpaired) electrons. The molecule has 0 atom stereocenters. The SMILES string of the molecule is CCc1cccc2c(C(=O)COC(=O)c3ccccc3SCC(=O)NC(C)C)c[nH]c12. The standard InChI is InChI=1S/C24H26N2O4S/c1-4-16-8-7-10-17-19(12-25-23(16)17)20(27)13-30-24(29)18-9-5-6-11-21(18)31-14-22(28)26-15(2)3/h5-12,15,25H,4,13-14H2,1-3H3,(H,26,28). The minimum absolute atomic E-state index is 0.0530. The summed E-state index contributed by atoms with van der Waals surface area (Å²) in [6.07, 6.45) is 2.52. The van der Waals surface area contributed by atoms with Gasteiger partial charge in [0, 0.05) is 33.6 Å². The third-order valence-corrected chi connectivity index (χ3v) is 5.81. The highest BCUT2D eigenvalue weighted by molar-refractivity contribution is 8.00. The number of esters is 1. The third kappa shape index (κ3) is 5.55. The molecule has 1 amide bonds. The minimum atomic E-state index is -0.588. The van der Waals surface area contributed by atoms with Crippen molar-refractivity contribution >= 4 is 40.3 Å². The zero-order valence-electron chi connectivity index (χ0n) is 17.9. The van der Waals surface area contributed by atoms with Gasteiger partial charge in [-0.15, -0.1) is 11.8 Å². The number of thioether (sulfide) groups is 1. The van der Waals surface area contributed by atoms with Gasteiger partial charge in [-0.25, -0.2) is 4.79 Å². The Morgan fingerprint density at radius 1 is 1.06 bits per heavy atom. The van der Waals surface area contributed by atoms with E-state index in [1.807, 2.05) is 32.0 Å². The molecule has 31 heavy (non-hydrogen) atoms. The van der Waals surface area contributed by atoms with Crippen LogP contribution in [0.1, 0.15) is 47.1 Å². The quantitative estimate of drug-likeness (QED) is 0.294. The number of benzene rings is 2. The Balaban J connectivity index is 1.66. The topological polar surface area (TPSA) is 88.3 Å². The first kappa shape index (κ1) is 22.6. The number of para-hydroxylation sites is 1. The summed E-state index contributed by atoms with van der Waals surface area (Å²) in [5, 5.41) is 3.64. The molecule has 0 aliphatic rings. The Labute approximate surface area is 185 Å². The van der Waals surface area contributed by atoms with Crippen LogP contribution in [0.25, 0.3) is 10.9 Å². The van der Waals surface area contributed by atoms with Crippen molar-refractivity contribution in [3.8, 4) is 0 Å². The lowest BCUT2D eigenvalue weighted by Gasteiger charge is -2.10. The number of aromatic amines is 1. The van der Waals surface area contributed by atoms with Gasteiger partial charge in [0.05, 0.1) is 11.3 Å². The molecule has 3 rings (SSSR count). The van der Waals surface area contributed by atoms with Crippen LogP contribution in [0, 0.1) is 0 Å². The average Bonchev–Trinajstić information content (AvgIpc) is 3.20. The molecule has 1 heterocycles. The van der Waals surface area contributed by atoms with Gasteiger partial charge in [0.25, 0.3) is 0 Å². The number of fused-ring (bicyclic) bond motifs is 1. The van der Waals surface area contributed by atoms with E-state index < -0.39 is 5.97 Å². The number of aromatic nitrogens is 1. The molecule has 6 nitrogen and oxygen atoms in total. The minimum Gasteiger partial charge on any atom is -0.454 e. The van der Waals surface area contributed by atoms with Crippen LogP contribution < -0.4 is 5.32 Å². The number of hydrogen-bond donors (Lipinski definition) is 2. The number of aryl methyl sites for hydroxylation is 1. The van der Waals surface area contributed by atoms with Crippen molar-refractivity contribution in [1.29, 1.82) is 0 Å². The maximum absolute atomic E-state index is 12.7. The van der Waals surface area contributed by atoms with E-state index in [-0.39, 0.29) is 30.1 Å². The molecule has 0 fully saturated rings. The number of carbonyl (C=O) groups excluding carboxylic acids is 3. The average molecular weight is 439 g/mol. The van der Waals surface area contributed by atoms with Gasteiger partial charge in [-0.3, -0.25) is 9.59 Å². The number of nitrogens with one attached hydrogen (secondary N) is 2. The van der Waals surface area contributed by atoms with E-state index in [1.165, 1.54) is 11.8 Å². The van der Waals surface area contributed by atoms with Gasteiger partial charge in [0.1, 0.15) is 0 Å². The van der Waals surface area contributed by atoms with E-state index >= 15 is 0 Å². The van der Waals surface area contributed by atoms with Crippen LogP contribution in [0.15, 0.2) is 53.6 Å². The second-order valence-corrected chi connectivity index (χ2v) is 8.42. The summed E-state index contributed by atoms with van der Waals surface area (Å²) in [5.74, 6) is -0.774. The van der Waals surface area contributed by atoms with Crippen molar-refractivity contribution in [2.75, 3.05) is 12.4 Å². The van der Waals surface area contributed by atoms with Crippen LogP contribution in [0.5, 0.6) is 0 Å². The van der Waals surface area contributed by atoms with Crippen molar-refractivity contribution in [2.24, 2.45) is 0 Å². The molecule has 0 bridgehead atoms. The van der Waals surface area contributed by atoms with E-state index in [1.54, 1.807) is 30.5 Å². The summed E-state index contributed by atoms with van der Waals surface area (Å²) in [6.45, 7) is 5.49. The Bertz CT molecular complexity index is 1100. The lowest BCUT2D eigenvalue weighted by atomic mass is 10.1. The molecule has 7 heteroatoms. The van der Waals surface area contributed by atoms with Gasteiger partial charge < -0.3 is 15.0 Å². The molecule has 2 N–H and O–H groups in total. The highest BCUT2D eigenvalue weighted by Gasteiger charge is 2.18. The Morgan fingerprint density at radius 3 is 2.58 bits per heavy atom. The summed E-state index contributed by atoms with van der Waals surface area (Å²) in [6, 6.07) is 12.8. The number of ketones is 1. The number of rotatable bonds is 9. The molecule has 162 valence electrons. The molecule has 0 spiro atoms. The highest BCUT2D eigenvalue weighted by atomic mass is 32.2. The first-order valence-corrected chi connectivity index (χ1v) is 11.2. The summed E-state index contributed by atoms with van der Waals surface area (Å²) in [7, 11) is 0. The fourth-order valence-electron chi connectivity index (χ4n) is 3.30. The number of carbonyl (C=O) groups is 3. The van der Waals surface area contributed by atoms with Gasteiger partial charge in [0.2, 0.25) is 11.7 Å². The van der Waals surface area contributed by atoms with Crippen LogP contribution in [0.3, 0.4) is 0 Å². The molecule has 3 aromatic rings. The Kier molecular flexibility index (Phi) is 7.52. The number of hydrogen-bond acceptors (Lipinski definition) is 5. The van der Waals surface area contributed by atoms with Crippen LogP contribution in [-0.2, 0) is 16.0 Å². The molecule has 1 aromatic heterocycles. The second kappa shape index (κ2) is 10.3. The van der Waals surface area contributed by atoms with Crippen molar-refractivity contribution < 1.29 is 19.1 Å². The van der Waals surface area contributed by atoms with Gasteiger partial charge in [-0.2, -0.15) is 0 Å². The van der Waals surface area contributed by atoms with Crippen molar-refractivity contribution in [3.05, 3.63) is 65.4 Å². The van der Waals surface area contributed by atoms with Crippen LogP contribution in [0.2, 0.25) is 0 Å². The predicted octanol–water partition coefficient (Wildman–Crippen LogP) is 4.39. The first-order chi connectivity index (χ1) is 14.9. The highest BCUT2D eigenvalue weighted by Crippen LogP contribution is 2.25. The summed E-state index contributed by atoms with van der Waals surface area (Å²) < 4.78 is 5.31. The Morgan fingerprint density at radius 2 is 1.84 bits per heavy atom. The van der Waals surface area contributed by atoms with Gasteiger partial charge >= 0.3 is 5.97 Å². The van der Waals surface area contributed by atoms with E-state index in [4.69, 9.17) is 4.74 Å². The van der Waals surface area contributed by atoms with E-state index in [9.17, 15) is 14.4 Å².